The summed E-state index contributed by atoms with van der Waals surface area (Å²) >= 11 is 5.75. The van der Waals surface area contributed by atoms with Crippen LogP contribution in [0.4, 0.5) is 24.5 Å². The van der Waals surface area contributed by atoms with E-state index in [0.717, 1.165) is 0 Å². The fourth-order valence-electron chi connectivity index (χ4n) is 1.61. The van der Waals surface area contributed by atoms with E-state index in [0.29, 0.717) is 6.07 Å². The van der Waals surface area contributed by atoms with E-state index in [1.807, 2.05) is 0 Å². The SMILES string of the molecule is Nc1cccc(Cl)c1S(=O)(=O)Nc1cc(F)c(F)cc1F. The van der Waals surface area contributed by atoms with Gasteiger partial charge in [0.1, 0.15) is 10.7 Å². The van der Waals surface area contributed by atoms with Gasteiger partial charge in [-0.05, 0) is 12.1 Å². The van der Waals surface area contributed by atoms with E-state index in [1.54, 1.807) is 4.72 Å². The van der Waals surface area contributed by atoms with Crippen LogP contribution in [0.1, 0.15) is 0 Å². The van der Waals surface area contributed by atoms with Gasteiger partial charge >= 0.3 is 0 Å². The Labute approximate surface area is 123 Å². The van der Waals surface area contributed by atoms with Gasteiger partial charge in [-0.25, -0.2) is 21.6 Å². The Hall–Kier alpha value is -1.93. The standard InChI is InChI=1S/C12H8ClF3N2O2S/c13-6-2-1-3-10(17)12(6)21(19,20)18-11-5-8(15)7(14)4-9(11)16/h1-5,18H,17H2. The quantitative estimate of drug-likeness (QED) is 0.668. The molecule has 0 atom stereocenters. The molecule has 0 heterocycles. The van der Waals surface area contributed by atoms with Gasteiger partial charge < -0.3 is 5.73 Å². The number of benzene rings is 2. The zero-order valence-corrected chi connectivity index (χ0v) is 11.8. The van der Waals surface area contributed by atoms with Crippen LogP contribution in [-0.2, 0) is 10.0 Å². The highest BCUT2D eigenvalue weighted by Gasteiger charge is 2.23. The summed E-state index contributed by atoms with van der Waals surface area (Å²) in [6.45, 7) is 0. The van der Waals surface area contributed by atoms with E-state index < -0.39 is 38.1 Å². The van der Waals surface area contributed by atoms with Crippen molar-refractivity contribution < 1.29 is 21.6 Å². The van der Waals surface area contributed by atoms with Gasteiger partial charge in [-0.2, -0.15) is 0 Å². The molecule has 0 aromatic heterocycles. The van der Waals surface area contributed by atoms with Gasteiger partial charge in [-0.3, -0.25) is 4.72 Å². The molecule has 3 N–H and O–H groups in total. The highest BCUT2D eigenvalue weighted by molar-refractivity contribution is 7.93. The Kier molecular flexibility index (Phi) is 4.02. The predicted octanol–water partition coefficient (Wildman–Crippen LogP) is 3.14. The highest BCUT2D eigenvalue weighted by atomic mass is 35.5. The van der Waals surface area contributed by atoms with Gasteiger partial charge in [0.25, 0.3) is 10.0 Å². The Balaban J connectivity index is 2.50. The van der Waals surface area contributed by atoms with Gasteiger partial charge in [0.2, 0.25) is 0 Å². The Bertz CT molecular complexity index is 792. The van der Waals surface area contributed by atoms with Crippen LogP contribution in [0.2, 0.25) is 5.02 Å². The van der Waals surface area contributed by atoms with Gasteiger partial charge in [-0.15, -0.1) is 0 Å². The minimum absolute atomic E-state index is 0.169. The second-order valence-electron chi connectivity index (χ2n) is 4.01. The second kappa shape index (κ2) is 5.45. The van der Waals surface area contributed by atoms with Crippen LogP contribution in [-0.4, -0.2) is 8.42 Å². The molecule has 2 aromatic rings. The number of rotatable bonds is 3. The molecule has 0 fully saturated rings. The first kappa shape index (κ1) is 15.5. The summed E-state index contributed by atoms with van der Waals surface area (Å²) in [5.74, 6) is -4.11. The maximum Gasteiger partial charge on any atom is 0.265 e. The van der Waals surface area contributed by atoms with E-state index in [4.69, 9.17) is 17.3 Å². The molecule has 0 aliphatic heterocycles. The number of nitrogens with two attached hydrogens (primary N) is 1. The van der Waals surface area contributed by atoms with Crippen molar-refractivity contribution in [2.45, 2.75) is 4.90 Å². The summed E-state index contributed by atoms with van der Waals surface area (Å²) in [5, 5.41) is -0.189. The molecule has 0 spiro atoms. The summed E-state index contributed by atoms with van der Waals surface area (Å²) < 4.78 is 65.4. The van der Waals surface area contributed by atoms with Gasteiger partial charge in [0.15, 0.2) is 11.6 Å². The van der Waals surface area contributed by atoms with E-state index in [1.165, 1.54) is 18.2 Å². The van der Waals surface area contributed by atoms with Crippen LogP contribution in [0.5, 0.6) is 0 Å². The van der Waals surface area contributed by atoms with Crippen molar-refractivity contribution in [2.75, 3.05) is 10.5 Å². The summed E-state index contributed by atoms with van der Waals surface area (Å²) in [6, 6.07) is 4.59. The molecule has 0 radical (unpaired) electrons. The minimum Gasteiger partial charge on any atom is -0.398 e. The first-order chi connectivity index (χ1) is 9.72. The predicted molar refractivity (Wildman–Crippen MR) is 73.0 cm³/mol. The molecule has 112 valence electrons. The zero-order chi connectivity index (χ0) is 15.8. The molecular formula is C12H8ClF3N2O2S. The number of hydrogen-bond acceptors (Lipinski definition) is 3. The van der Waals surface area contributed by atoms with Crippen LogP contribution in [0, 0.1) is 17.5 Å². The Morgan fingerprint density at radius 2 is 1.67 bits per heavy atom. The molecule has 0 aliphatic carbocycles. The van der Waals surface area contributed by atoms with Gasteiger partial charge in [0.05, 0.1) is 16.4 Å². The molecule has 9 heteroatoms. The lowest BCUT2D eigenvalue weighted by molar-refractivity contribution is 0.496. The van der Waals surface area contributed by atoms with E-state index in [9.17, 15) is 21.6 Å². The molecule has 4 nitrogen and oxygen atoms in total. The molecular weight excluding hydrogens is 329 g/mol. The normalized spacial score (nSPS) is 11.4. The topological polar surface area (TPSA) is 72.2 Å². The van der Waals surface area contributed by atoms with Crippen molar-refractivity contribution in [3.8, 4) is 0 Å². The summed E-state index contributed by atoms with van der Waals surface area (Å²) in [5.41, 5.74) is 4.60. The summed E-state index contributed by atoms with van der Waals surface area (Å²) in [6.07, 6.45) is 0. The van der Waals surface area contributed by atoms with Gasteiger partial charge in [0, 0.05) is 12.1 Å². The van der Waals surface area contributed by atoms with Crippen LogP contribution in [0.25, 0.3) is 0 Å². The smallest absolute Gasteiger partial charge is 0.265 e. The van der Waals surface area contributed by atoms with Gasteiger partial charge in [-0.1, -0.05) is 17.7 Å². The van der Waals surface area contributed by atoms with Crippen LogP contribution in [0.15, 0.2) is 35.2 Å². The van der Waals surface area contributed by atoms with E-state index >= 15 is 0 Å². The van der Waals surface area contributed by atoms with Crippen molar-refractivity contribution in [1.29, 1.82) is 0 Å². The third kappa shape index (κ3) is 3.06. The average molecular weight is 337 g/mol. The third-order valence-corrected chi connectivity index (χ3v) is 4.43. The molecule has 0 saturated carbocycles. The highest BCUT2D eigenvalue weighted by Crippen LogP contribution is 2.30. The molecule has 0 unspecified atom stereocenters. The Morgan fingerprint density at radius 1 is 1.05 bits per heavy atom. The third-order valence-electron chi connectivity index (χ3n) is 2.52. The van der Waals surface area contributed by atoms with E-state index in [2.05, 4.69) is 0 Å². The van der Waals surface area contributed by atoms with Crippen molar-refractivity contribution in [2.24, 2.45) is 0 Å². The van der Waals surface area contributed by atoms with Crippen molar-refractivity contribution >= 4 is 33.0 Å². The molecule has 0 saturated heterocycles. The lowest BCUT2D eigenvalue weighted by atomic mass is 10.3. The summed E-state index contributed by atoms with van der Waals surface area (Å²) in [7, 11) is -4.36. The monoisotopic (exact) mass is 336 g/mol. The summed E-state index contributed by atoms with van der Waals surface area (Å²) in [4.78, 5) is -0.476. The molecule has 0 bridgehead atoms. The number of hydrogen-bond donors (Lipinski definition) is 2. The number of nitrogens with one attached hydrogen (secondary N) is 1. The van der Waals surface area contributed by atoms with Crippen LogP contribution >= 0.6 is 11.6 Å². The lowest BCUT2D eigenvalue weighted by Gasteiger charge is -2.12. The minimum atomic E-state index is -4.36. The maximum atomic E-state index is 13.5. The first-order valence-electron chi connectivity index (χ1n) is 5.43. The number of halogens is 4. The molecule has 0 aliphatic rings. The van der Waals surface area contributed by atoms with Crippen molar-refractivity contribution in [3.63, 3.8) is 0 Å². The largest absolute Gasteiger partial charge is 0.398 e. The fourth-order valence-corrected chi connectivity index (χ4v) is 3.34. The van der Waals surface area contributed by atoms with Crippen molar-refractivity contribution in [1.82, 2.24) is 0 Å². The number of nitrogen functional groups attached to an aromatic ring is 1. The second-order valence-corrected chi connectivity index (χ2v) is 6.04. The molecule has 2 aromatic carbocycles. The van der Waals surface area contributed by atoms with Crippen molar-refractivity contribution in [3.05, 3.63) is 52.8 Å². The molecule has 21 heavy (non-hydrogen) atoms. The zero-order valence-electron chi connectivity index (χ0n) is 10.2. The lowest BCUT2D eigenvalue weighted by Crippen LogP contribution is -2.16. The Morgan fingerprint density at radius 3 is 2.29 bits per heavy atom. The first-order valence-corrected chi connectivity index (χ1v) is 7.30. The fraction of sp³-hybridized carbons (Fsp3) is 0. The van der Waals surface area contributed by atoms with Crippen LogP contribution < -0.4 is 10.5 Å². The maximum absolute atomic E-state index is 13.5. The average Bonchev–Trinajstić information content (AvgIpc) is 2.35. The van der Waals surface area contributed by atoms with E-state index in [-0.39, 0.29) is 16.8 Å². The molecule has 2 rings (SSSR count). The number of sulfonamides is 1. The van der Waals surface area contributed by atoms with Crippen LogP contribution in [0.3, 0.4) is 0 Å². The molecule has 0 amide bonds. The number of anilines is 2.